The van der Waals surface area contributed by atoms with Gasteiger partial charge in [-0.3, -0.25) is 4.90 Å². The molecule has 0 aromatic heterocycles. The second-order valence-electron chi connectivity index (χ2n) is 7.49. The highest BCUT2D eigenvalue weighted by atomic mass is 15.3. The van der Waals surface area contributed by atoms with Crippen molar-refractivity contribution in [3.05, 3.63) is 12.2 Å². The summed E-state index contributed by atoms with van der Waals surface area (Å²) in [7, 11) is 0. The maximum Gasteiger partial charge on any atom is 0.0309 e. The van der Waals surface area contributed by atoms with Crippen LogP contribution in [0.4, 0.5) is 0 Å². The first-order valence-electron chi connectivity index (χ1n) is 8.26. The van der Waals surface area contributed by atoms with Crippen molar-refractivity contribution in [1.29, 1.82) is 0 Å². The van der Waals surface area contributed by atoms with E-state index < -0.39 is 0 Å². The van der Waals surface area contributed by atoms with E-state index in [9.17, 15) is 0 Å². The van der Waals surface area contributed by atoms with Crippen molar-refractivity contribution in [1.82, 2.24) is 10.2 Å². The Morgan fingerprint density at radius 2 is 2.00 bits per heavy atom. The lowest BCUT2D eigenvalue weighted by Gasteiger charge is -2.51. The Labute approximate surface area is 118 Å². The Morgan fingerprint density at radius 1 is 1.21 bits per heavy atom. The third kappa shape index (κ3) is 2.75. The molecule has 0 radical (unpaired) electrons. The molecular weight excluding hydrogens is 232 g/mol. The minimum absolute atomic E-state index is 0.381. The molecule has 0 spiro atoms. The van der Waals surface area contributed by atoms with Gasteiger partial charge in [-0.25, -0.2) is 0 Å². The van der Waals surface area contributed by atoms with Gasteiger partial charge in [-0.15, -0.1) is 0 Å². The molecule has 1 N–H and O–H groups in total. The molecule has 3 aliphatic rings. The summed E-state index contributed by atoms with van der Waals surface area (Å²) in [6.45, 7) is 9.69. The molecule has 3 unspecified atom stereocenters. The van der Waals surface area contributed by atoms with Crippen molar-refractivity contribution < 1.29 is 0 Å². The largest absolute Gasteiger partial charge is 0.308 e. The molecule has 3 rings (SSSR count). The fraction of sp³-hybridized carbons (Fsp3) is 0.882. The summed E-state index contributed by atoms with van der Waals surface area (Å²) in [6.07, 6.45) is 11.6. The number of rotatable bonds is 3. The third-order valence-corrected chi connectivity index (χ3v) is 5.61. The Hall–Kier alpha value is -0.340. The van der Waals surface area contributed by atoms with Crippen molar-refractivity contribution in [2.24, 2.45) is 11.8 Å². The van der Waals surface area contributed by atoms with E-state index in [-0.39, 0.29) is 0 Å². The molecule has 0 aromatic rings. The number of piperazine rings is 1. The first kappa shape index (κ1) is 13.6. The summed E-state index contributed by atoms with van der Waals surface area (Å²) in [5.41, 5.74) is 0.381. The van der Waals surface area contributed by atoms with Crippen LogP contribution in [0.1, 0.15) is 52.9 Å². The molecular formula is C17H30N2. The molecule has 1 saturated carbocycles. The van der Waals surface area contributed by atoms with Gasteiger partial charge in [0.15, 0.2) is 0 Å². The first-order valence-corrected chi connectivity index (χ1v) is 8.26. The second kappa shape index (κ2) is 5.21. The molecule has 0 bridgehead atoms. The maximum atomic E-state index is 3.90. The Balaban J connectivity index is 1.75. The molecule has 2 aliphatic carbocycles. The zero-order chi connectivity index (χ0) is 13.5. The van der Waals surface area contributed by atoms with Gasteiger partial charge in [-0.1, -0.05) is 26.0 Å². The first-order chi connectivity index (χ1) is 9.10. The zero-order valence-corrected chi connectivity index (χ0v) is 12.9. The lowest BCUT2D eigenvalue weighted by atomic mass is 9.85. The summed E-state index contributed by atoms with van der Waals surface area (Å²) < 4.78 is 0. The molecule has 0 amide bonds. The summed E-state index contributed by atoms with van der Waals surface area (Å²) in [5.74, 6) is 1.68. The van der Waals surface area contributed by atoms with Crippen molar-refractivity contribution in [3.63, 3.8) is 0 Å². The topological polar surface area (TPSA) is 15.3 Å². The van der Waals surface area contributed by atoms with Crippen molar-refractivity contribution >= 4 is 0 Å². The average Bonchev–Trinajstić information content (AvgIpc) is 3.24. The molecule has 2 nitrogen and oxygen atoms in total. The van der Waals surface area contributed by atoms with Gasteiger partial charge in [0.2, 0.25) is 0 Å². The van der Waals surface area contributed by atoms with Crippen LogP contribution in [0.25, 0.3) is 0 Å². The predicted octanol–water partition coefficient (Wildman–Crippen LogP) is 3.19. The standard InChI is InChI=1S/C17H30N2/c1-13(2)16-11-18-17(3,14-9-10-14)12-19(16)15-7-5-4-6-8-15/h4-5,13-16,18H,6-12H2,1-3H3. The lowest BCUT2D eigenvalue weighted by Crippen LogP contribution is -2.67. The second-order valence-corrected chi connectivity index (χ2v) is 7.49. The average molecular weight is 262 g/mol. The molecule has 1 heterocycles. The van der Waals surface area contributed by atoms with Gasteiger partial charge in [0, 0.05) is 30.7 Å². The van der Waals surface area contributed by atoms with Gasteiger partial charge < -0.3 is 5.32 Å². The monoisotopic (exact) mass is 262 g/mol. The van der Waals surface area contributed by atoms with Crippen LogP contribution in [0.2, 0.25) is 0 Å². The summed E-state index contributed by atoms with van der Waals surface area (Å²) in [6, 6.07) is 1.51. The van der Waals surface area contributed by atoms with E-state index in [0.717, 1.165) is 23.9 Å². The Kier molecular flexibility index (Phi) is 3.74. The van der Waals surface area contributed by atoms with Crippen LogP contribution in [-0.2, 0) is 0 Å². The van der Waals surface area contributed by atoms with Crippen LogP contribution >= 0.6 is 0 Å². The van der Waals surface area contributed by atoms with Crippen LogP contribution in [0.3, 0.4) is 0 Å². The van der Waals surface area contributed by atoms with Crippen LogP contribution in [-0.4, -0.2) is 35.6 Å². The summed E-state index contributed by atoms with van der Waals surface area (Å²) >= 11 is 0. The molecule has 3 atom stereocenters. The fourth-order valence-corrected chi connectivity index (χ4v) is 4.10. The highest BCUT2D eigenvalue weighted by Crippen LogP contribution is 2.42. The van der Waals surface area contributed by atoms with Crippen LogP contribution in [0.15, 0.2) is 12.2 Å². The Morgan fingerprint density at radius 3 is 2.58 bits per heavy atom. The summed E-state index contributed by atoms with van der Waals surface area (Å²) in [5, 5.41) is 3.90. The number of hydrogen-bond donors (Lipinski definition) is 1. The number of allylic oxidation sites excluding steroid dienone is 1. The van der Waals surface area contributed by atoms with Gasteiger partial charge in [-0.05, 0) is 50.9 Å². The normalized spacial score (nSPS) is 40.8. The maximum absolute atomic E-state index is 3.90. The third-order valence-electron chi connectivity index (χ3n) is 5.61. The molecule has 1 aliphatic heterocycles. The van der Waals surface area contributed by atoms with Crippen molar-refractivity contribution in [2.45, 2.75) is 70.5 Å². The molecule has 2 fully saturated rings. The molecule has 2 heteroatoms. The molecule has 108 valence electrons. The number of hydrogen-bond acceptors (Lipinski definition) is 2. The van der Waals surface area contributed by atoms with Crippen LogP contribution < -0.4 is 5.32 Å². The van der Waals surface area contributed by atoms with Gasteiger partial charge in [0.1, 0.15) is 0 Å². The van der Waals surface area contributed by atoms with Gasteiger partial charge in [0.05, 0.1) is 0 Å². The highest BCUT2D eigenvalue weighted by Gasteiger charge is 2.47. The quantitative estimate of drug-likeness (QED) is 0.786. The predicted molar refractivity (Wildman–Crippen MR) is 81.2 cm³/mol. The smallest absolute Gasteiger partial charge is 0.0309 e. The van der Waals surface area contributed by atoms with E-state index in [1.165, 1.54) is 45.2 Å². The molecule has 19 heavy (non-hydrogen) atoms. The SMILES string of the molecule is CC(C)C1CNC(C)(C2CC2)CN1C1CC=CCC1. The highest BCUT2D eigenvalue weighted by molar-refractivity contribution is 5.07. The van der Waals surface area contributed by atoms with Crippen molar-refractivity contribution in [2.75, 3.05) is 13.1 Å². The van der Waals surface area contributed by atoms with Gasteiger partial charge >= 0.3 is 0 Å². The van der Waals surface area contributed by atoms with E-state index in [4.69, 9.17) is 0 Å². The van der Waals surface area contributed by atoms with E-state index in [1.807, 2.05) is 0 Å². The molecule has 1 saturated heterocycles. The van der Waals surface area contributed by atoms with E-state index >= 15 is 0 Å². The lowest BCUT2D eigenvalue weighted by molar-refractivity contribution is 0.0152. The van der Waals surface area contributed by atoms with Crippen molar-refractivity contribution in [3.8, 4) is 0 Å². The Bertz CT molecular complexity index is 345. The van der Waals surface area contributed by atoms with E-state index in [0.29, 0.717) is 5.54 Å². The van der Waals surface area contributed by atoms with Gasteiger partial charge in [0.25, 0.3) is 0 Å². The number of nitrogens with zero attached hydrogens (tertiary/aromatic N) is 1. The van der Waals surface area contributed by atoms with E-state index in [2.05, 4.69) is 43.1 Å². The summed E-state index contributed by atoms with van der Waals surface area (Å²) in [4.78, 5) is 2.86. The fourth-order valence-electron chi connectivity index (χ4n) is 4.10. The molecule has 0 aromatic carbocycles. The van der Waals surface area contributed by atoms with Gasteiger partial charge in [-0.2, -0.15) is 0 Å². The minimum atomic E-state index is 0.381. The van der Waals surface area contributed by atoms with E-state index in [1.54, 1.807) is 0 Å². The zero-order valence-electron chi connectivity index (χ0n) is 12.9. The van der Waals surface area contributed by atoms with Crippen LogP contribution in [0, 0.1) is 11.8 Å². The number of nitrogens with one attached hydrogen (secondary N) is 1. The minimum Gasteiger partial charge on any atom is -0.308 e. The van der Waals surface area contributed by atoms with Crippen LogP contribution in [0.5, 0.6) is 0 Å².